The van der Waals surface area contributed by atoms with Crippen LogP contribution in [0.25, 0.3) is 0 Å². The third-order valence-electron chi connectivity index (χ3n) is 3.62. The van der Waals surface area contributed by atoms with E-state index in [-0.39, 0.29) is 0 Å². The minimum atomic E-state index is -0.942. The fourth-order valence-electron chi connectivity index (χ4n) is 2.39. The van der Waals surface area contributed by atoms with Crippen LogP contribution in [0.15, 0.2) is 0 Å². The van der Waals surface area contributed by atoms with Gasteiger partial charge in [-0.2, -0.15) is 0 Å². The van der Waals surface area contributed by atoms with Crippen molar-refractivity contribution in [1.82, 2.24) is 0 Å². The highest BCUT2D eigenvalue weighted by Crippen LogP contribution is 2.21. The molecule has 0 saturated carbocycles. The Morgan fingerprint density at radius 1 is 0.611 bits per heavy atom. The maximum atomic E-state index is 3.85. The molecule has 0 nitrogen and oxygen atoms in total. The van der Waals surface area contributed by atoms with Crippen molar-refractivity contribution in [2.24, 2.45) is 0 Å². The number of hydrogen-bond donors (Lipinski definition) is 0. The van der Waals surface area contributed by atoms with Gasteiger partial charge in [0, 0.05) is 0 Å². The molecule has 0 spiro atoms. The first-order valence-corrected chi connectivity index (χ1v) is 13.7. The molecule has 110 valence electrons. The van der Waals surface area contributed by atoms with Gasteiger partial charge in [-0.3, -0.25) is 0 Å². The lowest BCUT2D eigenvalue weighted by Crippen LogP contribution is -2.13. The van der Waals surface area contributed by atoms with Gasteiger partial charge in [-0.15, -0.1) is 15.3 Å². The SMILES string of the molecule is CCCCCCCCCCCCCC[Si](C)(C)Br. The second kappa shape index (κ2) is 12.7. The molecule has 0 atom stereocenters. The Bertz CT molecular complexity index is 163. The Balaban J connectivity index is 2.99. The molecular formula is C16H35BrSi. The quantitative estimate of drug-likeness (QED) is 0.188. The first kappa shape index (κ1) is 18.7. The fraction of sp³-hybridized carbons (Fsp3) is 1.00. The molecular weight excluding hydrogens is 300 g/mol. The summed E-state index contributed by atoms with van der Waals surface area (Å²) in [6, 6.07) is 1.45. The van der Waals surface area contributed by atoms with Crippen molar-refractivity contribution in [3.63, 3.8) is 0 Å². The van der Waals surface area contributed by atoms with E-state index >= 15 is 0 Å². The smallest absolute Gasteiger partial charge is 0.124 e. The second-order valence-electron chi connectivity index (χ2n) is 6.36. The summed E-state index contributed by atoms with van der Waals surface area (Å²) < 4.78 is 0. The zero-order valence-corrected chi connectivity index (χ0v) is 15.7. The molecule has 0 amide bonds. The molecule has 0 aromatic heterocycles. The third kappa shape index (κ3) is 16.7. The number of rotatable bonds is 13. The van der Waals surface area contributed by atoms with Gasteiger partial charge in [0.2, 0.25) is 0 Å². The van der Waals surface area contributed by atoms with Gasteiger partial charge in [-0.25, -0.2) is 0 Å². The van der Waals surface area contributed by atoms with Crippen molar-refractivity contribution in [2.75, 3.05) is 0 Å². The van der Waals surface area contributed by atoms with Gasteiger partial charge in [0.05, 0.1) is 0 Å². The second-order valence-corrected chi connectivity index (χ2v) is 16.7. The Labute approximate surface area is 125 Å². The zero-order valence-electron chi connectivity index (χ0n) is 13.1. The maximum Gasteiger partial charge on any atom is 0.124 e. The Kier molecular flexibility index (Phi) is 13.2. The molecule has 0 bridgehead atoms. The van der Waals surface area contributed by atoms with Crippen molar-refractivity contribution in [2.45, 2.75) is 103 Å². The third-order valence-corrected chi connectivity index (χ3v) is 6.36. The Morgan fingerprint density at radius 3 is 1.28 bits per heavy atom. The van der Waals surface area contributed by atoms with Gasteiger partial charge in [0.15, 0.2) is 0 Å². The van der Waals surface area contributed by atoms with E-state index in [9.17, 15) is 0 Å². The minimum absolute atomic E-state index is 0.942. The molecule has 0 aliphatic heterocycles. The monoisotopic (exact) mass is 334 g/mol. The molecule has 2 heteroatoms. The number of unbranched alkanes of at least 4 members (excludes halogenated alkanes) is 11. The van der Waals surface area contributed by atoms with E-state index in [0.717, 1.165) is 0 Å². The molecule has 0 rings (SSSR count). The minimum Gasteiger partial charge on any atom is -0.127 e. The van der Waals surface area contributed by atoms with Crippen LogP contribution in [0, 0.1) is 0 Å². The highest BCUT2D eigenvalue weighted by atomic mass is 79.9. The molecule has 0 heterocycles. The molecule has 0 aliphatic rings. The normalized spacial score (nSPS) is 12.0. The van der Waals surface area contributed by atoms with E-state index in [1.165, 1.54) is 83.1 Å². The van der Waals surface area contributed by atoms with E-state index in [1.807, 2.05) is 0 Å². The van der Waals surface area contributed by atoms with Crippen LogP contribution < -0.4 is 0 Å². The van der Waals surface area contributed by atoms with Crippen LogP contribution >= 0.6 is 15.3 Å². The Morgan fingerprint density at radius 2 is 0.944 bits per heavy atom. The van der Waals surface area contributed by atoms with Crippen LogP contribution in [0.3, 0.4) is 0 Å². The highest BCUT2D eigenvalue weighted by molar-refractivity contribution is 9.26. The van der Waals surface area contributed by atoms with Crippen molar-refractivity contribution < 1.29 is 0 Å². The molecule has 18 heavy (non-hydrogen) atoms. The average molecular weight is 335 g/mol. The summed E-state index contributed by atoms with van der Waals surface area (Å²) in [5.74, 6) is 0. The van der Waals surface area contributed by atoms with Gasteiger partial charge < -0.3 is 0 Å². The summed E-state index contributed by atoms with van der Waals surface area (Å²) in [6.07, 6.45) is 17.5. The van der Waals surface area contributed by atoms with Crippen LogP contribution in [0.5, 0.6) is 0 Å². The van der Waals surface area contributed by atoms with Crippen LogP contribution in [0.1, 0.15) is 84.0 Å². The lowest BCUT2D eigenvalue weighted by molar-refractivity contribution is 0.547. The first-order chi connectivity index (χ1) is 8.56. The topological polar surface area (TPSA) is 0 Å². The zero-order chi connectivity index (χ0) is 13.7. The molecule has 0 aromatic rings. The van der Waals surface area contributed by atoms with Crippen LogP contribution in [0.4, 0.5) is 0 Å². The van der Waals surface area contributed by atoms with E-state index < -0.39 is 6.69 Å². The van der Waals surface area contributed by atoms with Gasteiger partial charge in [-0.05, 0) is 6.04 Å². The van der Waals surface area contributed by atoms with E-state index in [0.29, 0.717) is 0 Å². The van der Waals surface area contributed by atoms with Gasteiger partial charge in [-0.1, -0.05) is 97.1 Å². The summed E-state index contributed by atoms with van der Waals surface area (Å²) in [4.78, 5) is 0. The molecule has 0 aliphatic carbocycles. The predicted octanol–water partition coefficient (Wildman–Crippen LogP) is 7.29. The predicted molar refractivity (Wildman–Crippen MR) is 92.3 cm³/mol. The van der Waals surface area contributed by atoms with Gasteiger partial charge >= 0.3 is 0 Å². The lowest BCUT2D eigenvalue weighted by atomic mass is 10.1. The standard InChI is InChI=1S/C16H35BrSi/c1-4-5-6-7-8-9-10-11-12-13-14-15-16-18(2,3)17/h4-16H2,1-3H3. The van der Waals surface area contributed by atoms with Crippen molar-refractivity contribution in [3.05, 3.63) is 0 Å². The summed E-state index contributed by atoms with van der Waals surface area (Å²) in [5.41, 5.74) is 0. The number of halogens is 1. The highest BCUT2D eigenvalue weighted by Gasteiger charge is 2.14. The molecule has 0 fully saturated rings. The lowest BCUT2D eigenvalue weighted by Gasteiger charge is -2.12. The number of hydrogen-bond acceptors (Lipinski definition) is 0. The van der Waals surface area contributed by atoms with E-state index in [1.54, 1.807) is 0 Å². The van der Waals surface area contributed by atoms with Crippen LogP contribution in [-0.4, -0.2) is 6.69 Å². The van der Waals surface area contributed by atoms with E-state index in [2.05, 4.69) is 35.3 Å². The summed E-state index contributed by atoms with van der Waals surface area (Å²) >= 11 is 3.85. The Hall–Kier alpha value is 0.697. The maximum absolute atomic E-state index is 3.85. The molecule has 0 unspecified atom stereocenters. The van der Waals surface area contributed by atoms with Gasteiger partial charge in [0.1, 0.15) is 6.69 Å². The summed E-state index contributed by atoms with van der Waals surface area (Å²) in [7, 11) is 0. The average Bonchev–Trinajstić information content (AvgIpc) is 2.29. The van der Waals surface area contributed by atoms with Crippen LogP contribution in [0.2, 0.25) is 19.1 Å². The van der Waals surface area contributed by atoms with E-state index in [4.69, 9.17) is 0 Å². The van der Waals surface area contributed by atoms with Crippen molar-refractivity contribution >= 4 is 22.0 Å². The summed E-state index contributed by atoms with van der Waals surface area (Å²) in [5, 5.41) is 0. The largest absolute Gasteiger partial charge is 0.127 e. The fourth-order valence-corrected chi connectivity index (χ4v) is 4.32. The van der Waals surface area contributed by atoms with Gasteiger partial charge in [0.25, 0.3) is 0 Å². The van der Waals surface area contributed by atoms with Crippen molar-refractivity contribution in [1.29, 1.82) is 0 Å². The van der Waals surface area contributed by atoms with Crippen LogP contribution in [-0.2, 0) is 0 Å². The molecule has 0 aromatic carbocycles. The van der Waals surface area contributed by atoms with Crippen molar-refractivity contribution in [3.8, 4) is 0 Å². The summed E-state index contributed by atoms with van der Waals surface area (Å²) in [6.45, 7) is 6.17. The first-order valence-electron chi connectivity index (χ1n) is 8.25. The molecule has 0 radical (unpaired) electrons. The molecule has 0 N–H and O–H groups in total. The molecule has 0 saturated heterocycles.